The minimum Gasteiger partial charge on any atom is -0.444 e. The van der Waals surface area contributed by atoms with Gasteiger partial charge < -0.3 is 10.1 Å². The Hall–Kier alpha value is -1.62. The second-order valence-corrected chi connectivity index (χ2v) is 7.21. The van der Waals surface area contributed by atoms with Crippen molar-refractivity contribution in [1.82, 2.24) is 5.32 Å². The smallest absolute Gasteiger partial charge is 0.408 e. The van der Waals surface area contributed by atoms with Crippen molar-refractivity contribution in [2.24, 2.45) is 0 Å². The van der Waals surface area contributed by atoms with E-state index in [0.717, 1.165) is 10.5 Å². The van der Waals surface area contributed by atoms with E-state index in [0.29, 0.717) is 0 Å². The van der Waals surface area contributed by atoms with Gasteiger partial charge in [-0.1, -0.05) is 23.8 Å². The number of ether oxygens (including phenoxy) is 1. The van der Waals surface area contributed by atoms with Gasteiger partial charge in [0.25, 0.3) is 0 Å². The quantitative estimate of drug-likeness (QED) is 0.925. The van der Waals surface area contributed by atoms with Gasteiger partial charge in [0.1, 0.15) is 5.60 Å². The van der Waals surface area contributed by atoms with E-state index in [2.05, 4.69) is 5.32 Å². The molecule has 1 aromatic rings. The highest BCUT2D eigenvalue weighted by atomic mass is 32.2. The fourth-order valence-electron chi connectivity index (χ4n) is 1.48. The minimum atomic E-state index is -1.22. The molecule has 0 saturated carbocycles. The number of aryl methyl sites for hydroxylation is 1. The van der Waals surface area contributed by atoms with E-state index in [1.54, 1.807) is 39.2 Å². The molecule has 0 spiro atoms. The molecule has 1 aromatic carbocycles. The van der Waals surface area contributed by atoms with Gasteiger partial charge in [0, 0.05) is 16.3 Å². The Labute approximate surface area is 129 Å². The van der Waals surface area contributed by atoms with Crippen LogP contribution in [-0.2, 0) is 15.5 Å². The summed E-state index contributed by atoms with van der Waals surface area (Å²) < 4.78 is 17.2. The minimum absolute atomic E-state index is 0.255. The number of alkyl carbamates (subject to hydrolysis) is 1. The average Bonchev–Trinajstić information content (AvgIpc) is 2.34. The number of rotatable bonds is 4. The number of hydrogen-bond donors (Lipinski definition) is 1. The third-order valence-electron chi connectivity index (χ3n) is 2.49. The molecule has 21 heavy (non-hydrogen) atoms. The maximum atomic E-state index is 12.1. The molecule has 4 nitrogen and oxygen atoms in total. The molecule has 1 unspecified atom stereocenters. The van der Waals surface area contributed by atoms with E-state index in [-0.39, 0.29) is 6.04 Å². The van der Waals surface area contributed by atoms with Crippen molar-refractivity contribution in [3.8, 4) is 0 Å². The van der Waals surface area contributed by atoms with Crippen molar-refractivity contribution in [3.05, 3.63) is 41.3 Å². The summed E-state index contributed by atoms with van der Waals surface area (Å²) in [5.41, 5.74) is 0.595. The molecular formula is C16H23NO3S. The Kier molecular flexibility index (Phi) is 6.15. The molecule has 2 atom stereocenters. The molecule has 5 heteroatoms. The van der Waals surface area contributed by atoms with Gasteiger partial charge >= 0.3 is 6.09 Å². The molecule has 0 aliphatic carbocycles. The molecule has 0 aromatic heterocycles. The van der Waals surface area contributed by atoms with Crippen LogP contribution in [0.15, 0.2) is 40.6 Å². The van der Waals surface area contributed by atoms with Crippen LogP contribution in [-0.4, -0.2) is 21.9 Å². The lowest BCUT2D eigenvalue weighted by Crippen LogP contribution is -2.36. The van der Waals surface area contributed by atoms with Gasteiger partial charge in [0.2, 0.25) is 0 Å². The maximum absolute atomic E-state index is 12.1. The molecule has 1 N–H and O–H groups in total. The van der Waals surface area contributed by atoms with Crippen molar-refractivity contribution < 1.29 is 13.7 Å². The number of carbonyl (C=O) groups is 1. The lowest BCUT2D eigenvalue weighted by atomic mass is 10.2. The van der Waals surface area contributed by atoms with Crippen LogP contribution in [0.5, 0.6) is 0 Å². The molecule has 0 radical (unpaired) electrons. The molecular weight excluding hydrogens is 286 g/mol. The SMILES string of the molecule is Cc1ccc(S(=O)/C=C/[C@H](C)NC(=O)OC(C)(C)C)cc1. The fourth-order valence-corrected chi connectivity index (χ4v) is 2.42. The molecule has 0 heterocycles. The standard InChI is InChI=1S/C16H23NO3S/c1-12-6-8-14(9-7-12)21(19)11-10-13(2)17-15(18)20-16(3,4)5/h6-11,13H,1-5H3,(H,17,18)/b11-10+/t13-,21?/m0/s1. The van der Waals surface area contributed by atoms with Gasteiger partial charge in [-0.2, -0.15) is 0 Å². The highest BCUT2D eigenvalue weighted by molar-refractivity contribution is 7.88. The summed E-state index contributed by atoms with van der Waals surface area (Å²) >= 11 is 0. The van der Waals surface area contributed by atoms with Gasteiger partial charge in [-0.15, -0.1) is 0 Å². The number of amides is 1. The van der Waals surface area contributed by atoms with E-state index in [1.807, 2.05) is 31.2 Å². The molecule has 0 aliphatic heterocycles. The van der Waals surface area contributed by atoms with Gasteiger partial charge in [-0.3, -0.25) is 0 Å². The van der Waals surface area contributed by atoms with Crippen molar-refractivity contribution in [2.75, 3.05) is 0 Å². The summed E-state index contributed by atoms with van der Waals surface area (Å²) in [6.07, 6.45) is 1.21. The lowest BCUT2D eigenvalue weighted by Gasteiger charge is -2.20. The molecule has 0 aliphatic rings. The van der Waals surface area contributed by atoms with Crippen LogP contribution >= 0.6 is 0 Å². The Bertz CT molecular complexity index is 529. The van der Waals surface area contributed by atoms with Gasteiger partial charge in [0.05, 0.1) is 10.8 Å². The Morgan fingerprint density at radius 3 is 2.38 bits per heavy atom. The molecule has 1 amide bonds. The number of carbonyl (C=O) groups excluding carboxylic acids is 1. The molecule has 0 bridgehead atoms. The number of benzene rings is 1. The second-order valence-electron chi connectivity index (χ2n) is 5.87. The Balaban J connectivity index is 2.54. The van der Waals surface area contributed by atoms with Crippen LogP contribution in [0.2, 0.25) is 0 Å². The van der Waals surface area contributed by atoms with Gasteiger partial charge in [-0.25, -0.2) is 9.00 Å². The van der Waals surface area contributed by atoms with Gasteiger partial charge in [-0.05, 0) is 46.8 Å². The first kappa shape index (κ1) is 17.4. The van der Waals surface area contributed by atoms with Crippen molar-refractivity contribution in [3.63, 3.8) is 0 Å². The zero-order chi connectivity index (χ0) is 16.0. The van der Waals surface area contributed by atoms with E-state index < -0.39 is 22.5 Å². The molecule has 1 rings (SSSR count). The van der Waals surface area contributed by atoms with E-state index >= 15 is 0 Å². The Morgan fingerprint density at radius 1 is 1.29 bits per heavy atom. The summed E-state index contributed by atoms with van der Waals surface area (Å²) in [6.45, 7) is 9.20. The van der Waals surface area contributed by atoms with Crippen molar-refractivity contribution in [1.29, 1.82) is 0 Å². The van der Waals surface area contributed by atoms with Gasteiger partial charge in [0.15, 0.2) is 0 Å². The highest BCUT2D eigenvalue weighted by Gasteiger charge is 2.16. The number of nitrogens with one attached hydrogen (secondary N) is 1. The first-order valence-electron chi connectivity index (χ1n) is 6.82. The normalized spacial score (nSPS) is 14.7. The number of hydrogen-bond acceptors (Lipinski definition) is 3. The van der Waals surface area contributed by atoms with Crippen LogP contribution in [0.3, 0.4) is 0 Å². The van der Waals surface area contributed by atoms with E-state index in [1.165, 1.54) is 0 Å². The van der Waals surface area contributed by atoms with Crippen LogP contribution < -0.4 is 5.32 Å². The molecule has 0 saturated heterocycles. The zero-order valence-corrected chi connectivity index (χ0v) is 14.0. The summed E-state index contributed by atoms with van der Waals surface area (Å²) in [5, 5.41) is 4.25. The monoisotopic (exact) mass is 309 g/mol. The first-order chi connectivity index (χ1) is 9.67. The van der Waals surface area contributed by atoms with E-state index in [4.69, 9.17) is 4.74 Å². The predicted octanol–water partition coefficient (Wildman–Crippen LogP) is 3.53. The van der Waals surface area contributed by atoms with E-state index in [9.17, 15) is 9.00 Å². The van der Waals surface area contributed by atoms with Crippen molar-refractivity contribution >= 4 is 16.9 Å². The molecule has 0 fully saturated rings. The topological polar surface area (TPSA) is 55.4 Å². The van der Waals surface area contributed by atoms with Crippen LogP contribution in [0.25, 0.3) is 0 Å². The second kappa shape index (κ2) is 7.41. The summed E-state index contributed by atoms with van der Waals surface area (Å²) in [5.74, 6) is 0. The van der Waals surface area contributed by atoms with Crippen LogP contribution in [0, 0.1) is 6.92 Å². The third kappa shape index (κ3) is 7.09. The zero-order valence-electron chi connectivity index (χ0n) is 13.2. The van der Waals surface area contributed by atoms with Crippen molar-refractivity contribution in [2.45, 2.75) is 51.2 Å². The highest BCUT2D eigenvalue weighted by Crippen LogP contribution is 2.10. The van der Waals surface area contributed by atoms with Crippen LogP contribution in [0.1, 0.15) is 33.3 Å². The first-order valence-corrected chi connectivity index (χ1v) is 8.04. The predicted molar refractivity (Wildman–Crippen MR) is 85.6 cm³/mol. The molecule has 116 valence electrons. The van der Waals surface area contributed by atoms with Crippen LogP contribution in [0.4, 0.5) is 4.79 Å². The summed E-state index contributed by atoms with van der Waals surface area (Å²) in [6, 6.07) is 7.25. The Morgan fingerprint density at radius 2 is 1.86 bits per heavy atom. The lowest BCUT2D eigenvalue weighted by molar-refractivity contribution is 0.0518. The largest absolute Gasteiger partial charge is 0.444 e. The summed E-state index contributed by atoms with van der Waals surface area (Å²) in [7, 11) is -1.22. The fraction of sp³-hybridized carbons (Fsp3) is 0.438. The summed E-state index contributed by atoms with van der Waals surface area (Å²) in [4.78, 5) is 12.3. The maximum Gasteiger partial charge on any atom is 0.408 e. The average molecular weight is 309 g/mol. The third-order valence-corrected chi connectivity index (χ3v) is 3.63.